The van der Waals surface area contributed by atoms with Crippen molar-refractivity contribution in [3.05, 3.63) is 29.2 Å². The number of nitrogens with zero attached hydrogens (tertiary/aromatic N) is 2. The molecule has 0 aliphatic rings. The molecule has 0 aliphatic carbocycles. The second-order valence-corrected chi connectivity index (χ2v) is 1.84. The molecule has 0 spiro atoms. The molecule has 0 heterocycles. The van der Waals surface area contributed by atoms with E-state index in [1.165, 1.54) is 0 Å². The summed E-state index contributed by atoms with van der Waals surface area (Å²) in [5, 5.41) is 8.30. The van der Waals surface area contributed by atoms with Gasteiger partial charge in [-0.15, -0.1) is 0 Å². The van der Waals surface area contributed by atoms with E-state index in [-0.39, 0.29) is 0 Å². The van der Waals surface area contributed by atoms with Crippen LogP contribution in [0.15, 0.2) is 24.3 Å². The number of hydrogen-bond acceptors (Lipinski definition) is 1. The third-order valence-corrected chi connectivity index (χ3v) is 1.22. The molecule has 0 unspecified atom stereocenters. The fraction of sp³-hybridized carbons (Fsp3) is 0.143. The largest absolute Gasteiger partial charge is 0.585 e. The summed E-state index contributed by atoms with van der Waals surface area (Å²) < 4.78 is 3.92. The molecule has 0 radical (unpaired) electrons. The molecule has 50 valence electrons. The maximum absolute atomic E-state index is 8.30. The first-order chi connectivity index (χ1) is 4.86. The van der Waals surface area contributed by atoms with Gasteiger partial charge in [-0.05, 0) is 0 Å². The van der Waals surface area contributed by atoms with E-state index in [9.17, 15) is 0 Å². The lowest BCUT2D eigenvalue weighted by Crippen LogP contribution is -1.74. The van der Waals surface area contributed by atoms with Crippen molar-refractivity contribution < 1.29 is 4.74 Å². The fourth-order valence-corrected chi connectivity index (χ4v) is 0.668. The van der Waals surface area contributed by atoms with Crippen molar-refractivity contribution in [2.45, 2.75) is 0 Å². The third-order valence-electron chi connectivity index (χ3n) is 1.22. The molecule has 0 amide bonds. The Balaban J connectivity index is 2.93. The number of aromatic hydroxyl groups is 1. The third kappa shape index (κ3) is 1.23. The van der Waals surface area contributed by atoms with Gasteiger partial charge in [-0.2, -0.15) is 0 Å². The maximum Gasteiger partial charge on any atom is 0.385 e. The van der Waals surface area contributed by atoms with Crippen LogP contribution in [0.1, 0.15) is 0 Å². The van der Waals surface area contributed by atoms with Crippen LogP contribution < -0.4 is 0 Å². The lowest BCUT2D eigenvalue weighted by molar-refractivity contribution is 0.136. The summed E-state index contributed by atoms with van der Waals surface area (Å²) in [6.07, 6.45) is 0. The van der Waals surface area contributed by atoms with Crippen LogP contribution in [-0.4, -0.2) is 11.8 Å². The zero-order chi connectivity index (χ0) is 7.40. The van der Waals surface area contributed by atoms with Gasteiger partial charge in [-0.3, -0.25) is 0 Å². The van der Waals surface area contributed by atoms with Gasteiger partial charge in [0.1, 0.15) is 0 Å². The minimum atomic E-state index is 0.549. The van der Waals surface area contributed by atoms with E-state index < -0.39 is 0 Å². The average molecular weight is 136 g/mol. The van der Waals surface area contributed by atoms with Crippen LogP contribution in [0.25, 0.3) is 4.98 Å². The van der Waals surface area contributed by atoms with Crippen molar-refractivity contribution in [3.8, 4) is 5.75 Å². The minimum absolute atomic E-state index is 0.549. The Hall–Kier alpha value is -1.56. The number of ether oxygens (including phenoxy) is 1. The molecular weight excluding hydrogens is 128 g/mol. The van der Waals surface area contributed by atoms with Gasteiger partial charge in [0.2, 0.25) is 5.39 Å². The highest BCUT2D eigenvalue weighted by Crippen LogP contribution is 2.17. The molecule has 3 nitrogen and oxygen atoms in total. The number of hydrogen-bond donors (Lipinski definition) is 0. The maximum atomic E-state index is 8.30. The van der Waals surface area contributed by atoms with Gasteiger partial charge in [0, 0.05) is 24.3 Å². The van der Waals surface area contributed by atoms with Crippen molar-refractivity contribution in [2.24, 2.45) is 0 Å². The second-order valence-electron chi connectivity index (χ2n) is 1.84. The second kappa shape index (κ2) is 2.83. The molecule has 0 bridgehead atoms. The Morgan fingerprint density at radius 1 is 1.30 bits per heavy atom. The van der Waals surface area contributed by atoms with Crippen LogP contribution in [0.5, 0.6) is 5.75 Å². The number of aliphatic hydroxyl groups is 1. The van der Waals surface area contributed by atoms with Gasteiger partial charge >= 0.3 is 5.69 Å². The zero-order valence-electron chi connectivity index (χ0n) is 5.65. The number of diazo groups is 1. The molecule has 3 heteroatoms. The van der Waals surface area contributed by atoms with E-state index in [0.29, 0.717) is 5.69 Å². The topological polar surface area (TPSA) is 41.0 Å². The minimum Gasteiger partial charge on any atom is -0.585 e. The summed E-state index contributed by atoms with van der Waals surface area (Å²) in [5.74, 6) is 0.882. The number of benzene rings is 1. The van der Waals surface area contributed by atoms with E-state index in [2.05, 4.69) is 9.71 Å². The first-order valence-corrected chi connectivity index (χ1v) is 2.92. The summed E-state index contributed by atoms with van der Waals surface area (Å²) in [4.78, 5) is 3.00. The predicted octanol–water partition coefficient (Wildman–Crippen LogP) is 2.04. The van der Waals surface area contributed by atoms with E-state index in [1.54, 1.807) is 31.4 Å². The smallest absolute Gasteiger partial charge is 0.385 e. The van der Waals surface area contributed by atoms with Crippen LogP contribution in [0.2, 0.25) is 0 Å². The van der Waals surface area contributed by atoms with Crippen LogP contribution in [-0.2, 0) is 0 Å². The van der Waals surface area contributed by atoms with E-state index in [4.69, 9.17) is 5.39 Å². The SMILES string of the molecule is C[OH+]c1ccc([N+]#N)cc1. The van der Waals surface area contributed by atoms with E-state index in [1.807, 2.05) is 0 Å². The molecule has 0 atom stereocenters. The fourth-order valence-electron chi connectivity index (χ4n) is 0.668. The first-order valence-electron chi connectivity index (χ1n) is 2.92. The van der Waals surface area contributed by atoms with Gasteiger partial charge in [0.15, 0.2) is 12.1 Å². The molecule has 1 aromatic rings. The van der Waals surface area contributed by atoms with Crippen LogP contribution in [0.3, 0.4) is 0 Å². The van der Waals surface area contributed by atoms with Crippen LogP contribution >= 0.6 is 0 Å². The molecule has 0 fully saturated rings. The van der Waals surface area contributed by atoms with Gasteiger partial charge < -0.3 is 4.74 Å². The van der Waals surface area contributed by atoms with E-state index in [0.717, 1.165) is 5.75 Å². The molecule has 0 saturated heterocycles. The van der Waals surface area contributed by atoms with Gasteiger partial charge in [0.05, 0.1) is 0 Å². The molecule has 0 aliphatic heterocycles. The van der Waals surface area contributed by atoms with Crippen molar-refractivity contribution >= 4 is 5.69 Å². The summed E-state index contributed by atoms with van der Waals surface area (Å²) >= 11 is 0. The van der Waals surface area contributed by atoms with E-state index >= 15 is 0 Å². The molecule has 1 aromatic carbocycles. The van der Waals surface area contributed by atoms with Crippen molar-refractivity contribution in [1.29, 1.82) is 5.39 Å². The van der Waals surface area contributed by atoms with Crippen molar-refractivity contribution in [1.82, 2.24) is 0 Å². The lowest BCUT2D eigenvalue weighted by atomic mass is 10.3. The Kier molecular flexibility index (Phi) is 1.86. The zero-order valence-corrected chi connectivity index (χ0v) is 5.65. The molecule has 1 N–H and O–H groups in total. The quantitative estimate of drug-likeness (QED) is 0.430. The normalized spacial score (nSPS) is 8.40. The molecule has 0 aromatic heterocycles. The standard InChI is InChI=1S/C7H7N2O/c1-10-7-4-2-6(9-8)3-5-7/h2-5H,1H3/q+1/p+1. The highest BCUT2D eigenvalue weighted by molar-refractivity contribution is 5.45. The Morgan fingerprint density at radius 3 is 2.30 bits per heavy atom. The monoisotopic (exact) mass is 136 g/mol. The van der Waals surface area contributed by atoms with Crippen LogP contribution in [0.4, 0.5) is 5.69 Å². The van der Waals surface area contributed by atoms with Gasteiger partial charge in [-0.25, -0.2) is 0 Å². The highest BCUT2D eigenvalue weighted by atomic mass is 16.5. The summed E-state index contributed by atoms with van der Waals surface area (Å²) in [6, 6.07) is 6.97. The summed E-state index contributed by atoms with van der Waals surface area (Å²) in [5.41, 5.74) is 0.549. The van der Waals surface area contributed by atoms with Gasteiger partial charge in [-0.1, -0.05) is 0 Å². The Labute approximate surface area is 58.9 Å². The predicted molar refractivity (Wildman–Crippen MR) is 38.8 cm³/mol. The molecule has 10 heavy (non-hydrogen) atoms. The average Bonchev–Trinajstić information content (AvgIpc) is 2.05. The molecule has 1 rings (SSSR count). The number of rotatable bonds is 1. The Bertz CT molecular complexity index is 247. The molecular formula is C7H8N2O+2. The summed E-state index contributed by atoms with van der Waals surface area (Å²) in [7, 11) is 1.71. The first kappa shape index (κ1) is 6.56. The summed E-state index contributed by atoms with van der Waals surface area (Å²) in [6.45, 7) is 0. The highest BCUT2D eigenvalue weighted by Gasteiger charge is 2.03. The van der Waals surface area contributed by atoms with Crippen molar-refractivity contribution in [2.75, 3.05) is 7.11 Å². The molecule has 0 saturated carbocycles. The van der Waals surface area contributed by atoms with Crippen molar-refractivity contribution in [3.63, 3.8) is 0 Å². The van der Waals surface area contributed by atoms with Gasteiger partial charge in [0.25, 0.3) is 5.75 Å². The lowest BCUT2D eigenvalue weighted by Gasteiger charge is -1.90. The van der Waals surface area contributed by atoms with Crippen LogP contribution in [0, 0.1) is 5.39 Å². The Morgan fingerprint density at radius 2 is 1.90 bits per heavy atom.